The predicted molar refractivity (Wildman–Crippen MR) is 115 cm³/mol. The van der Waals surface area contributed by atoms with Gasteiger partial charge in [-0.1, -0.05) is 30.3 Å². The second-order valence-electron chi connectivity index (χ2n) is 7.05. The molecule has 1 atom stereocenters. The fourth-order valence-corrected chi connectivity index (χ4v) is 4.47. The van der Waals surface area contributed by atoms with Gasteiger partial charge in [-0.3, -0.25) is 9.89 Å². The van der Waals surface area contributed by atoms with Gasteiger partial charge in [-0.15, -0.1) is 11.3 Å². The summed E-state index contributed by atoms with van der Waals surface area (Å²) in [5.41, 5.74) is 2.52. The number of thiazole rings is 1. The molecule has 0 amide bonds. The number of nitrogens with zero attached hydrogens (tertiary/aromatic N) is 3. The first-order chi connectivity index (χ1) is 13.2. The van der Waals surface area contributed by atoms with Gasteiger partial charge in [-0.2, -0.15) is 0 Å². The average Bonchev–Trinajstić information content (AvgIpc) is 3.32. The van der Waals surface area contributed by atoms with Crippen LogP contribution < -0.4 is 10.6 Å². The lowest BCUT2D eigenvalue weighted by Gasteiger charge is -2.29. The zero-order valence-corrected chi connectivity index (χ0v) is 17.5. The van der Waals surface area contributed by atoms with Crippen LogP contribution in [-0.4, -0.2) is 49.1 Å². The Hall–Kier alpha value is -1.92. The lowest BCUT2D eigenvalue weighted by atomic mass is 10.1. The molecule has 1 fully saturated rings. The minimum Gasteiger partial charge on any atom is -0.356 e. The molecule has 1 aromatic carbocycles. The minimum absolute atomic E-state index is 0.386. The molecule has 146 valence electrons. The van der Waals surface area contributed by atoms with Crippen LogP contribution in [0.15, 0.2) is 35.3 Å². The van der Waals surface area contributed by atoms with E-state index in [0.29, 0.717) is 6.04 Å². The topological polar surface area (TPSA) is 52.6 Å². The first-order valence-corrected chi connectivity index (χ1v) is 10.7. The molecule has 3 rings (SSSR count). The summed E-state index contributed by atoms with van der Waals surface area (Å²) in [7, 11) is 1.83. The van der Waals surface area contributed by atoms with Gasteiger partial charge in [0.1, 0.15) is 0 Å². The molecule has 2 aromatic rings. The molecule has 1 aliphatic heterocycles. The second-order valence-corrected chi connectivity index (χ2v) is 8.34. The fourth-order valence-electron chi connectivity index (χ4n) is 3.53. The maximum Gasteiger partial charge on any atom is 0.191 e. The normalized spacial score (nSPS) is 16.5. The molecule has 1 aliphatic rings. The van der Waals surface area contributed by atoms with E-state index in [2.05, 4.69) is 69.7 Å². The number of benzene rings is 1. The summed E-state index contributed by atoms with van der Waals surface area (Å²) < 4.78 is 0. The van der Waals surface area contributed by atoms with Crippen molar-refractivity contribution in [1.82, 2.24) is 20.5 Å². The van der Waals surface area contributed by atoms with Crippen LogP contribution in [0, 0.1) is 13.8 Å². The molecule has 0 radical (unpaired) electrons. The van der Waals surface area contributed by atoms with Crippen LogP contribution >= 0.6 is 11.3 Å². The van der Waals surface area contributed by atoms with E-state index in [1.807, 2.05) is 7.05 Å². The zero-order valence-electron chi connectivity index (χ0n) is 16.7. The van der Waals surface area contributed by atoms with E-state index in [1.165, 1.54) is 41.4 Å². The molecule has 1 aromatic heterocycles. The van der Waals surface area contributed by atoms with Crippen molar-refractivity contribution in [1.29, 1.82) is 0 Å². The van der Waals surface area contributed by atoms with E-state index in [1.54, 1.807) is 11.3 Å². The predicted octanol–water partition coefficient (Wildman–Crippen LogP) is 3.30. The molecule has 1 saturated heterocycles. The molecule has 0 saturated carbocycles. The highest BCUT2D eigenvalue weighted by Gasteiger charge is 2.23. The Balaban J connectivity index is 1.53. The first-order valence-electron chi connectivity index (χ1n) is 9.84. The van der Waals surface area contributed by atoms with Gasteiger partial charge in [-0.05, 0) is 45.3 Å². The van der Waals surface area contributed by atoms with Crippen molar-refractivity contribution in [2.45, 2.75) is 39.2 Å². The lowest BCUT2D eigenvalue weighted by molar-refractivity contribution is 0.245. The number of rotatable bonds is 7. The lowest BCUT2D eigenvalue weighted by Crippen LogP contribution is -2.43. The molecule has 0 spiro atoms. The molecule has 0 aliphatic carbocycles. The molecule has 2 heterocycles. The Morgan fingerprint density at radius 3 is 2.56 bits per heavy atom. The van der Waals surface area contributed by atoms with Crippen molar-refractivity contribution in [3.63, 3.8) is 0 Å². The van der Waals surface area contributed by atoms with Crippen LogP contribution in [0.4, 0.5) is 0 Å². The van der Waals surface area contributed by atoms with Crippen molar-refractivity contribution in [3.05, 3.63) is 51.5 Å². The Bertz CT molecular complexity index is 715. The van der Waals surface area contributed by atoms with E-state index in [0.717, 1.165) is 31.2 Å². The summed E-state index contributed by atoms with van der Waals surface area (Å²) in [6.45, 7) is 8.26. The van der Waals surface area contributed by atoms with Crippen LogP contribution in [0.25, 0.3) is 0 Å². The Morgan fingerprint density at radius 1 is 1.19 bits per heavy atom. The molecule has 0 bridgehead atoms. The van der Waals surface area contributed by atoms with Crippen LogP contribution in [0.1, 0.15) is 40.0 Å². The van der Waals surface area contributed by atoms with Gasteiger partial charge in [-0.25, -0.2) is 4.98 Å². The maximum atomic E-state index is 4.61. The van der Waals surface area contributed by atoms with Crippen LogP contribution in [-0.2, 0) is 6.42 Å². The highest BCUT2D eigenvalue weighted by molar-refractivity contribution is 7.11. The zero-order chi connectivity index (χ0) is 19.1. The number of aliphatic imine (C=N–C) groups is 1. The number of aryl methyl sites for hydroxylation is 2. The van der Waals surface area contributed by atoms with Gasteiger partial charge in [0.15, 0.2) is 5.96 Å². The number of guanidine groups is 1. The van der Waals surface area contributed by atoms with Crippen molar-refractivity contribution in [3.8, 4) is 0 Å². The fraction of sp³-hybridized carbons (Fsp3) is 0.524. The van der Waals surface area contributed by atoms with Gasteiger partial charge in [0.05, 0.1) is 16.7 Å². The largest absolute Gasteiger partial charge is 0.356 e. The number of hydrogen-bond acceptors (Lipinski definition) is 4. The van der Waals surface area contributed by atoms with E-state index in [9.17, 15) is 0 Å². The molecule has 27 heavy (non-hydrogen) atoms. The van der Waals surface area contributed by atoms with Gasteiger partial charge in [0.2, 0.25) is 0 Å². The van der Waals surface area contributed by atoms with Crippen molar-refractivity contribution >= 4 is 17.3 Å². The Morgan fingerprint density at radius 2 is 1.93 bits per heavy atom. The van der Waals surface area contributed by atoms with E-state index >= 15 is 0 Å². The summed E-state index contributed by atoms with van der Waals surface area (Å²) in [5.74, 6) is 0.861. The number of hydrogen-bond donors (Lipinski definition) is 2. The molecule has 1 unspecified atom stereocenters. The molecule has 6 heteroatoms. The van der Waals surface area contributed by atoms with E-state index in [-0.39, 0.29) is 0 Å². The molecular formula is C21H31N5S. The number of likely N-dealkylation sites (tertiary alicyclic amines) is 1. The third-order valence-electron chi connectivity index (χ3n) is 5.16. The Labute approximate surface area is 166 Å². The summed E-state index contributed by atoms with van der Waals surface area (Å²) in [5, 5.41) is 8.15. The van der Waals surface area contributed by atoms with Gasteiger partial charge < -0.3 is 10.6 Å². The van der Waals surface area contributed by atoms with E-state index < -0.39 is 0 Å². The quantitative estimate of drug-likeness (QED) is 0.567. The average molecular weight is 386 g/mol. The van der Waals surface area contributed by atoms with Crippen LogP contribution in [0.3, 0.4) is 0 Å². The third kappa shape index (κ3) is 5.53. The standard InChI is InChI=1S/C21H31N5S/c1-16-17(2)27-20(25-16)11-12-23-21(22-3)24-15-19(26-13-7-8-14-26)18-9-5-4-6-10-18/h4-6,9-10,19H,7-8,11-15H2,1-3H3,(H2,22,23,24). The molecule has 2 N–H and O–H groups in total. The van der Waals surface area contributed by atoms with Crippen LogP contribution in [0.5, 0.6) is 0 Å². The van der Waals surface area contributed by atoms with Crippen molar-refractivity contribution in [2.24, 2.45) is 4.99 Å². The smallest absolute Gasteiger partial charge is 0.191 e. The van der Waals surface area contributed by atoms with Gasteiger partial charge in [0, 0.05) is 31.4 Å². The highest BCUT2D eigenvalue weighted by atomic mass is 32.1. The number of nitrogens with one attached hydrogen (secondary N) is 2. The van der Waals surface area contributed by atoms with Gasteiger partial charge >= 0.3 is 0 Å². The van der Waals surface area contributed by atoms with E-state index in [4.69, 9.17) is 0 Å². The summed E-state index contributed by atoms with van der Waals surface area (Å²) in [6, 6.07) is 11.2. The monoisotopic (exact) mass is 385 g/mol. The van der Waals surface area contributed by atoms with Crippen molar-refractivity contribution in [2.75, 3.05) is 33.2 Å². The molecular weight excluding hydrogens is 354 g/mol. The van der Waals surface area contributed by atoms with Crippen LogP contribution in [0.2, 0.25) is 0 Å². The SMILES string of the molecule is CN=C(NCCc1nc(C)c(C)s1)NCC(c1ccccc1)N1CCCC1. The third-order valence-corrected chi connectivity index (χ3v) is 6.29. The summed E-state index contributed by atoms with van der Waals surface area (Å²) >= 11 is 1.79. The number of aromatic nitrogens is 1. The summed E-state index contributed by atoms with van der Waals surface area (Å²) in [4.78, 5) is 12.9. The first kappa shape index (κ1) is 19.8. The Kier molecular flexibility index (Phi) is 7.24. The van der Waals surface area contributed by atoms with Gasteiger partial charge in [0.25, 0.3) is 0 Å². The maximum absolute atomic E-state index is 4.61. The van der Waals surface area contributed by atoms with Crippen molar-refractivity contribution < 1.29 is 0 Å². The highest BCUT2D eigenvalue weighted by Crippen LogP contribution is 2.24. The second kappa shape index (κ2) is 9.85. The minimum atomic E-state index is 0.386. The molecule has 5 nitrogen and oxygen atoms in total. The summed E-state index contributed by atoms with van der Waals surface area (Å²) in [6.07, 6.45) is 3.51.